The van der Waals surface area contributed by atoms with E-state index in [9.17, 15) is 13.2 Å². The van der Waals surface area contributed by atoms with Crippen LogP contribution in [0.5, 0.6) is 5.75 Å². The van der Waals surface area contributed by atoms with Crippen molar-refractivity contribution in [3.63, 3.8) is 0 Å². The predicted octanol–water partition coefficient (Wildman–Crippen LogP) is 2.01. The molecule has 24 heavy (non-hydrogen) atoms. The van der Waals surface area contributed by atoms with E-state index in [-0.39, 0.29) is 23.3 Å². The number of hydrogen-bond donors (Lipinski definition) is 1. The molecule has 1 heterocycles. The summed E-state index contributed by atoms with van der Waals surface area (Å²) in [5.74, 6) is 0.294. The van der Waals surface area contributed by atoms with Crippen LogP contribution >= 0.6 is 0 Å². The lowest BCUT2D eigenvalue weighted by Gasteiger charge is -2.31. The Bertz CT molecular complexity index is 643. The maximum Gasteiger partial charge on any atom is 0.243 e. The fourth-order valence-electron chi connectivity index (χ4n) is 2.80. The van der Waals surface area contributed by atoms with Crippen LogP contribution in [-0.4, -0.2) is 45.4 Å². The first kappa shape index (κ1) is 18.7. The highest BCUT2D eigenvalue weighted by molar-refractivity contribution is 7.89. The van der Waals surface area contributed by atoms with E-state index in [4.69, 9.17) is 4.74 Å². The summed E-state index contributed by atoms with van der Waals surface area (Å²) in [4.78, 5) is 12.4. The first-order valence-electron chi connectivity index (χ1n) is 8.41. The second-order valence-electron chi connectivity index (χ2n) is 6.02. The number of benzene rings is 1. The molecular formula is C17H26N2O4S. The highest BCUT2D eigenvalue weighted by atomic mass is 32.2. The molecule has 1 aromatic rings. The van der Waals surface area contributed by atoms with Crippen LogP contribution in [0.15, 0.2) is 29.2 Å². The molecule has 0 saturated carbocycles. The van der Waals surface area contributed by atoms with Gasteiger partial charge in [0.25, 0.3) is 0 Å². The van der Waals surface area contributed by atoms with E-state index in [1.807, 2.05) is 0 Å². The van der Waals surface area contributed by atoms with Crippen LogP contribution in [0.4, 0.5) is 0 Å². The van der Waals surface area contributed by atoms with Crippen molar-refractivity contribution < 1.29 is 17.9 Å². The zero-order valence-electron chi connectivity index (χ0n) is 14.3. The Morgan fingerprint density at radius 2 is 2.04 bits per heavy atom. The Morgan fingerprint density at radius 3 is 2.67 bits per heavy atom. The van der Waals surface area contributed by atoms with Gasteiger partial charge in [0.1, 0.15) is 5.75 Å². The molecule has 0 aliphatic carbocycles. The third-order valence-corrected chi connectivity index (χ3v) is 6.16. The van der Waals surface area contributed by atoms with E-state index < -0.39 is 10.0 Å². The van der Waals surface area contributed by atoms with Gasteiger partial charge in [0.05, 0.1) is 17.9 Å². The van der Waals surface area contributed by atoms with Gasteiger partial charge in [0, 0.05) is 19.6 Å². The Balaban J connectivity index is 2.05. The van der Waals surface area contributed by atoms with Crippen LogP contribution in [-0.2, 0) is 14.8 Å². The molecule has 2 rings (SSSR count). The van der Waals surface area contributed by atoms with Crippen LogP contribution < -0.4 is 10.1 Å². The normalized spacial score (nSPS) is 19.0. The van der Waals surface area contributed by atoms with Gasteiger partial charge in [0.2, 0.25) is 15.9 Å². The maximum absolute atomic E-state index is 12.8. The van der Waals surface area contributed by atoms with Gasteiger partial charge in [-0.15, -0.1) is 0 Å². The average molecular weight is 354 g/mol. The fourth-order valence-corrected chi connectivity index (χ4v) is 4.33. The summed E-state index contributed by atoms with van der Waals surface area (Å²) < 4.78 is 32.0. The summed E-state index contributed by atoms with van der Waals surface area (Å²) in [5.41, 5.74) is 0. The number of unbranched alkanes of at least 4 members (excludes halogenated alkanes) is 1. The summed E-state index contributed by atoms with van der Waals surface area (Å²) in [6.45, 7) is 3.41. The van der Waals surface area contributed by atoms with E-state index in [0.29, 0.717) is 25.3 Å². The second-order valence-corrected chi connectivity index (χ2v) is 7.96. The molecule has 1 atom stereocenters. The lowest BCUT2D eigenvalue weighted by Crippen LogP contribution is -2.45. The number of rotatable bonds is 7. The third kappa shape index (κ3) is 4.48. The first-order valence-corrected chi connectivity index (χ1v) is 9.85. The van der Waals surface area contributed by atoms with Crippen LogP contribution in [0, 0.1) is 5.92 Å². The van der Waals surface area contributed by atoms with Crippen LogP contribution in [0.3, 0.4) is 0 Å². The molecule has 0 unspecified atom stereocenters. The van der Waals surface area contributed by atoms with Crippen LogP contribution in [0.25, 0.3) is 0 Å². The molecule has 1 fully saturated rings. The maximum atomic E-state index is 12.8. The number of nitrogens with zero attached hydrogens (tertiary/aromatic N) is 1. The minimum absolute atomic E-state index is 0.0434. The molecule has 1 amide bonds. The number of amides is 1. The molecule has 1 aliphatic rings. The van der Waals surface area contributed by atoms with Crippen molar-refractivity contribution >= 4 is 15.9 Å². The molecule has 134 valence electrons. The van der Waals surface area contributed by atoms with Gasteiger partial charge in [-0.25, -0.2) is 8.42 Å². The molecule has 1 saturated heterocycles. The van der Waals surface area contributed by atoms with Crippen molar-refractivity contribution in [3.8, 4) is 5.75 Å². The minimum atomic E-state index is -3.58. The quantitative estimate of drug-likeness (QED) is 0.760. The Hall–Kier alpha value is -1.60. The number of nitrogens with one attached hydrogen (secondary N) is 1. The molecule has 0 bridgehead atoms. The van der Waals surface area contributed by atoms with E-state index >= 15 is 0 Å². The summed E-state index contributed by atoms with van der Waals surface area (Å²) in [5, 5.41) is 2.90. The van der Waals surface area contributed by atoms with Gasteiger partial charge in [-0.3, -0.25) is 4.79 Å². The number of carbonyl (C=O) groups excluding carboxylic acids is 1. The van der Waals surface area contributed by atoms with Gasteiger partial charge in [-0.2, -0.15) is 4.31 Å². The summed E-state index contributed by atoms with van der Waals surface area (Å²) >= 11 is 0. The topological polar surface area (TPSA) is 75.7 Å². The highest BCUT2D eigenvalue weighted by Crippen LogP contribution is 2.25. The van der Waals surface area contributed by atoms with E-state index in [2.05, 4.69) is 12.2 Å². The Kier molecular flexibility index (Phi) is 6.62. The monoisotopic (exact) mass is 354 g/mol. The first-order chi connectivity index (χ1) is 11.5. The zero-order chi connectivity index (χ0) is 17.6. The second kappa shape index (κ2) is 8.48. The minimum Gasteiger partial charge on any atom is -0.497 e. The third-order valence-electron chi connectivity index (χ3n) is 4.28. The van der Waals surface area contributed by atoms with E-state index in [1.54, 1.807) is 24.3 Å². The molecule has 0 aromatic heterocycles. The summed E-state index contributed by atoms with van der Waals surface area (Å²) in [7, 11) is -2.04. The van der Waals surface area contributed by atoms with Crippen LogP contribution in [0.1, 0.15) is 32.6 Å². The zero-order valence-corrected chi connectivity index (χ0v) is 15.1. The molecular weight excluding hydrogens is 328 g/mol. The predicted molar refractivity (Wildman–Crippen MR) is 92.4 cm³/mol. The molecule has 1 N–H and O–H groups in total. The lowest BCUT2D eigenvalue weighted by atomic mass is 9.99. The van der Waals surface area contributed by atoms with Crippen molar-refractivity contribution in [2.45, 2.75) is 37.5 Å². The number of piperidine rings is 1. The van der Waals surface area contributed by atoms with Crippen molar-refractivity contribution in [3.05, 3.63) is 24.3 Å². The Morgan fingerprint density at radius 1 is 1.33 bits per heavy atom. The Labute approximate surface area is 144 Å². The van der Waals surface area contributed by atoms with Crippen molar-refractivity contribution in [2.75, 3.05) is 26.7 Å². The van der Waals surface area contributed by atoms with Gasteiger partial charge in [-0.1, -0.05) is 13.3 Å². The number of ether oxygens (including phenoxy) is 1. The average Bonchev–Trinajstić information content (AvgIpc) is 2.62. The summed E-state index contributed by atoms with van der Waals surface area (Å²) in [6.07, 6.45) is 3.38. The van der Waals surface area contributed by atoms with Crippen molar-refractivity contribution in [1.82, 2.24) is 9.62 Å². The lowest BCUT2D eigenvalue weighted by molar-refractivity contribution is -0.126. The van der Waals surface area contributed by atoms with Gasteiger partial charge < -0.3 is 10.1 Å². The van der Waals surface area contributed by atoms with E-state index in [1.165, 1.54) is 11.4 Å². The van der Waals surface area contributed by atoms with E-state index in [0.717, 1.165) is 19.3 Å². The highest BCUT2D eigenvalue weighted by Gasteiger charge is 2.33. The number of carbonyl (C=O) groups is 1. The summed E-state index contributed by atoms with van der Waals surface area (Å²) in [6, 6.07) is 6.34. The largest absolute Gasteiger partial charge is 0.497 e. The van der Waals surface area contributed by atoms with Gasteiger partial charge in [0.15, 0.2) is 0 Å². The molecule has 1 aliphatic heterocycles. The standard InChI is InChI=1S/C17H26N2O4S/c1-3-4-11-18-17(20)14-6-5-12-19(13-14)24(21,22)16-9-7-15(23-2)8-10-16/h7-10,14H,3-6,11-13H2,1-2H3,(H,18,20)/t14-/m0/s1. The SMILES string of the molecule is CCCCNC(=O)[C@H]1CCCN(S(=O)(=O)c2ccc(OC)cc2)C1. The van der Waals surface area contributed by atoms with Crippen LogP contribution in [0.2, 0.25) is 0 Å². The molecule has 1 aromatic carbocycles. The van der Waals surface area contributed by atoms with Crippen molar-refractivity contribution in [1.29, 1.82) is 0 Å². The molecule has 0 spiro atoms. The van der Waals surface area contributed by atoms with Gasteiger partial charge in [-0.05, 0) is 43.5 Å². The molecule has 6 nitrogen and oxygen atoms in total. The number of sulfonamides is 1. The van der Waals surface area contributed by atoms with Gasteiger partial charge >= 0.3 is 0 Å². The molecule has 7 heteroatoms. The fraction of sp³-hybridized carbons (Fsp3) is 0.588. The molecule has 0 radical (unpaired) electrons. The smallest absolute Gasteiger partial charge is 0.243 e. The number of hydrogen-bond acceptors (Lipinski definition) is 4. The number of methoxy groups -OCH3 is 1. The van der Waals surface area contributed by atoms with Crippen molar-refractivity contribution in [2.24, 2.45) is 5.92 Å².